The molecule has 19 heavy (non-hydrogen) atoms. The molecular formula is C15H11N3O. The van der Waals surface area contributed by atoms with Gasteiger partial charge in [0, 0.05) is 35.1 Å². The van der Waals surface area contributed by atoms with Crippen LogP contribution in [0.5, 0.6) is 0 Å². The van der Waals surface area contributed by atoms with Gasteiger partial charge in [0.25, 0.3) is 5.91 Å². The molecule has 3 aromatic rings. The summed E-state index contributed by atoms with van der Waals surface area (Å²) >= 11 is 0. The summed E-state index contributed by atoms with van der Waals surface area (Å²) in [5, 5.41) is 2.03. The molecule has 3 rings (SSSR count). The van der Waals surface area contributed by atoms with Crippen molar-refractivity contribution in [2.45, 2.75) is 0 Å². The number of carbonyl (C=O) groups is 1. The van der Waals surface area contributed by atoms with Crippen molar-refractivity contribution < 1.29 is 4.79 Å². The van der Waals surface area contributed by atoms with E-state index in [1.165, 1.54) is 0 Å². The van der Waals surface area contributed by atoms with Gasteiger partial charge in [0.1, 0.15) is 5.69 Å². The maximum absolute atomic E-state index is 11.5. The minimum absolute atomic E-state index is 0.264. The summed E-state index contributed by atoms with van der Waals surface area (Å²) in [5.74, 6) is -0.538. The van der Waals surface area contributed by atoms with Crippen LogP contribution >= 0.6 is 0 Å². The quantitative estimate of drug-likeness (QED) is 0.758. The fraction of sp³-hybridized carbons (Fsp3) is 0. The van der Waals surface area contributed by atoms with Crippen molar-refractivity contribution in [3.63, 3.8) is 0 Å². The predicted octanol–water partition coefficient (Wildman–Crippen LogP) is 2.40. The summed E-state index contributed by atoms with van der Waals surface area (Å²) in [4.78, 5) is 19.7. The number of benzene rings is 1. The van der Waals surface area contributed by atoms with Crippen LogP contribution in [0.15, 0.2) is 55.0 Å². The minimum atomic E-state index is -0.538. The van der Waals surface area contributed by atoms with Crippen LogP contribution in [-0.4, -0.2) is 15.9 Å². The van der Waals surface area contributed by atoms with E-state index in [1.54, 1.807) is 24.7 Å². The van der Waals surface area contributed by atoms with Gasteiger partial charge >= 0.3 is 0 Å². The molecular weight excluding hydrogens is 238 g/mol. The van der Waals surface area contributed by atoms with E-state index in [0.29, 0.717) is 5.56 Å². The van der Waals surface area contributed by atoms with E-state index >= 15 is 0 Å². The van der Waals surface area contributed by atoms with Crippen molar-refractivity contribution in [2.75, 3.05) is 0 Å². The van der Waals surface area contributed by atoms with E-state index in [4.69, 9.17) is 5.73 Å². The second-order valence-corrected chi connectivity index (χ2v) is 4.17. The first-order valence-corrected chi connectivity index (χ1v) is 5.85. The maximum atomic E-state index is 11.5. The lowest BCUT2D eigenvalue weighted by molar-refractivity contribution is 0.0996. The Morgan fingerprint density at radius 2 is 1.84 bits per heavy atom. The molecule has 4 nitrogen and oxygen atoms in total. The van der Waals surface area contributed by atoms with E-state index in [9.17, 15) is 4.79 Å². The topological polar surface area (TPSA) is 68.9 Å². The van der Waals surface area contributed by atoms with E-state index in [-0.39, 0.29) is 5.69 Å². The van der Waals surface area contributed by atoms with Gasteiger partial charge in [-0.05, 0) is 11.5 Å². The molecule has 92 valence electrons. The molecule has 0 unspecified atom stereocenters. The number of fused-ring (bicyclic) bond motifs is 1. The first-order valence-electron chi connectivity index (χ1n) is 5.85. The van der Waals surface area contributed by atoms with Gasteiger partial charge in [-0.25, -0.2) is 0 Å². The normalized spacial score (nSPS) is 10.5. The van der Waals surface area contributed by atoms with Crippen LogP contribution in [0, 0.1) is 0 Å². The number of pyridine rings is 2. The van der Waals surface area contributed by atoms with Crippen molar-refractivity contribution in [1.82, 2.24) is 9.97 Å². The number of carbonyl (C=O) groups excluding carboxylic acids is 1. The van der Waals surface area contributed by atoms with Gasteiger partial charge in [0.05, 0.1) is 0 Å². The Hall–Kier alpha value is -2.75. The van der Waals surface area contributed by atoms with Gasteiger partial charge < -0.3 is 5.73 Å². The third kappa shape index (κ3) is 1.93. The summed E-state index contributed by atoms with van der Waals surface area (Å²) in [6, 6.07) is 11.5. The number of nitrogens with two attached hydrogens (primary N) is 1. The third-order valence-corrected chi connectivity index (χ3v) is 3.00. The lowest BCUT2D eigenvalue weighted by Gasteiger charge is -2.08. The van der Waals surface area contributed by atoms with Gasteiger partial charge in [0.15, 0.2) is 0 Å². The van der Waals surface area contributed by atoms with Crippen molar-refractivity contribution in [3.05, 3.63) is 60.7 Å². The molecule has 2 N–H and O–H groups in total. The van der Waals surface area contributed by atoms with Crippen molar-refractivity contribution in [2.24, 2.45) is 5.73 Å². The van der Waals surface area contributed by atoms with Crippen LogP contribution in [0.3, 0.4) is 0 Å². The lowest BCUT2D eigenvalue weighted by atomic mass is 9.99. The summed E-state index contributed by atoms with van der Waals surface area (Å²) in [5.41, 5.74) is 7.21. The molecule has 0 saturated heterocycles. The summed E-state index contributed by atoms with van der Waals surface area (Å²) in [6.45, 7) is 0. The van der Waals surface area contributed by atoms with Crippen LogP contribution in [0.25, 0.3) is 21.9 Å². The molecule has 0 saturated carbocycles. The fourth-order valence-corrected chi connectivity index (χ4v) is 2.15. The zero-order valence-corrected chi connectivity index (χ0v) is 10.1. The largest absolute Gasteiger partial charge is 0.364 e. The number of nitrogens with zero attached hydrogens (tertiary/aromatic N) is 2. The average Bonchev–Trinajstić information content (AvgIpc) is 2.46. The summed E-state index contributed by atoms with van der Waals surface area (Å²) in [6.07, 6.45) is 5.08. The van der Waals surface area contributed by atoms with Gasteiger partial charge in [-0.2, -0.15) is 0 Å². The van der Waals surface area contributed by atoms with Crippen molar-refractivity contribution in [3.8, 4) is 11.1 Å². The smallest absolute Gasteiger partial charge is 0.267 e. The SMILES string of the molecule is NC(=O)c1ncccc1-c1cncc2ccccc12. The van der Waals surface area contributed by atoms with Crippen LogP contribution in [0.4, 0.5) is 0 Å². The second-order valence-electron chi connectivity index (χ2n) is 4.17. The molecule has 2 aromatic heterocycles. The molecule has 0 fully saturated rings. The summed E-state index contributed by atoms with van der Waals surface area (Å²) in [7, 11) is 0. The van der Waals surface area contributed by atoms with E-state index in [1.807, 2.05) is 30.3 Å². The van der Waals surface area contributed by atoms with E-state index in [0.717, 1.165) is 16.3 Å². The Labute approximate surface area is 109 Å². The second kappa shape index (κ2) is 4.49. The Balaban J connectivity index is 2.34. The Morgan fingerprint density at radius 1 is 1.00 bits per heavy atom. The lowest BCUT2D eigenvalue weighted by Crippen LogP contribution is -2.14. The Bertz CT molecular complexity index is 763. The zero-order chi connectivity index (χ0) is 13.2. The number of hydrogen-bond acceptors (Lipinski definition) is 3. The van der Waals surface area contributed by atoms with Crippen LogP contribution in [-0.2, 0) is 0 Å². The number of primary amides is 1. The molecule has 2 heterocycles. The van der Waals surface area contributed by atoms with Gasteiger partial charge in [-0.1, -0.05) is 30.3 Å². The van der Waals surface area contributed by atoms with Gasteiger partial charge in [-0.15, -0.1) is 0 Å². The number of amides is 1. The first-order chi connectivity index (χ1) is 9.27. The number of aromatic nitrogens is 2. The molecule has 0 radical (unpaired) electrons. The average molecular weight is 249 g/mol. The van der Waals surface area contributed by atoms with Crippen molar-refractivity contribution in [1.29, 1.82) is 0 Å². The van der Waals surface area contributed by atoms with E-state index < -0.39 is 5.91 Å². The summed E-state index contributed by atoms with van der Waals surface area (Å²) < 4.78 is 0. The maximum Gasteiger partial charge on any atom is 0.267 e. The fourth-order valence-electron chi connectivity index (χ4n) is 2.15. The predicted molar refractivity (Wildman–Crippen MR) is 73.5 cm³/mol. The molecule has 1 aromatic carbocycles. The first kappa shape index (κ1) is 11.3. The highest BCUT2D eigenvalue weighted by molar-refractivity contribution is 6.03. The molecule has 0 aliphatic rings. The molecule has 4 heteroatoms. The molecule has 0 aliphatic heterocycles. The van der Waals surface area contributed by atoms with Gasteiger partial charge in [-0.3, -0.25) is 14.8 Å². The molecule has 1 amide bonds. The molecule has 0 atom stereocenters. The Kier molecular flexibility index (Phi) is 2.68. The van der Waals surface area contributed by atoms with Gasteiger partial charge in [0.2, 0.25) is 0 Å². The van der Waals surface area contributed by atoms with Crippen LogP contribution < -0.4 is 5.73 Å². The van der Waals surface area contributed by atoms with Crippen LogP contribution in [0.2, 0.25) is 0 Å². The van der Waals surface area contributed by atoms with Crippen LogP contribution in [0.1, 0.15) is 10.5 Å². The monoisotopic (exact) mass is 249 g/mol. The highest BCUT2D eigenvalue weighted by atomic mass is 16.1. The van der Waals surface area contributed by atoms with E-state index in [2.05, 4.69) is 9.97 Å². The highest BCUT2D eigenvalue weighted by Crippen LogP contribution is 2.28. The molecule has 0 bridgehead atoms. The minimum Gasteiger partial charge on any atom is -0.364 e. The third-order valence-electron chi connectivity index (χ3n) is 3.00. The van der Waals surface area contributed by atoms with Crippen molar-refractivity contribution >= 4 is 16.7 Å². The molecule has 0 aliphatic carbocycles. The zero-order valence-electron chi connectivity index (χ0n) is 10.1. The number of hydrogen-bond donors (Lipinski definition) is 1. The Morgan fingerprint density at radius 3 is 2.68 bits per heavy atom. The highest BCUT2D eigenvalue weighted by Gasteiger charge is 2.13. The standard InChI is InChI=1S/C15H11N3O/c16-15(19)14-12(6-3-7-18-14)13-9-17-8-10-4-1-2-5-11(10)13/h1-9H,(H2,16,19). The number of rotatable bonds is 2. The molecule has 0 spiro atoms.